The van der Waals surface area contributed by atoms with Crippen LogP contribution in [-0.2, 0) is 15.3 Å². The maximum absolute atomic E-state index is 13.9. The summed E-state index contributed by atoms with van der Waals surface area (Å²) >= 11 is 2.64. The molecule has 1 aliphatic heterocycles. The molecule has 1 unspecified atom stereocenters. The second-order valence-electron chi connectivity index (χ2n) is 9.78. The van der Waals surface area contributed by atoms with Gasteiger partial charge in [0.2, 0.25) is 5.13 Å². The van der Waals surface area contributed by atoms with Crippen LogP contribution in [0.2, 0.25) is 0 Å². The van der Waals surface area contributed by atoms with Crippen molar-refractivity contribution in [3.63, 3.8) is 0 Å². The number of aromatic nitrogens is 4. The van der Waals surface area contributed by atoms with Crippen LogP contribution in [-0.4, -0.2) is 36.4 Å². The molecule has 0 radical (unpaired) electrons. The highest BCUT2D eigenvalue weighted by molar-refractivity contribution is 8.00. The number of rotatable bonds is 6. The summed E-state index contributed by atoms with van der Waals surface area (Å²) < 4.78 is 16.3. The largest absolute Gasteiger partial charge is 0.505 e. The van der Waals surface area contributed by atoms with Gasteiger partial charge in [-0.25, -0.2) is 9.37 Å². The summed E-state index contributed by atoms with van der Waals surface area (Å²) in [6.07, 6.45) is 1.81. The number of anilines is 1. The van der Waals surface area contributed by atoms with Crippen LogP contribution < -0.4 is 4.90 Å². The van der Waals surface area contributed by atoms with E-state index in [-0.39, 0.29) is 16.4 Å². The summed E-state index contributed by atoms with van der Waals surface area (Å²) in [5.74, 6) is -1.96. The summed E-state index contributed by atoms with van der Waals surface area (Å²) in [4.78, 5) is 32.9. The van der Waals surface area contributed by atoms with Crippen molar-refractivity contribution in [1.29, 1.82) is 0 Å². The molecule has 5 aromatic rings. The Hall–Kier alpha value is -4.35. The highest BCUT2D eigenvalue weighted by Gasteiger charge is 2.48. The van der Waals surface area contributed by atoms with Crippen LogP contribution in [0.3, 0.4) is 0 Å². The van der Waals surface area contributed by atoms with Crippen molar-refractivity contribution < 1.29 is 19.1 Å². The van der Waals surface area contributed by atoms with Gasteiger partial charge in [0.1, 0.15) is 17.2 Å². The fourth-order valence-electron chi connectivity index (χ4n) is 4.85. The quantitative estimate of drug-likeness (QED) is 0.0836. The minimum atomic E-state index is -1.05. The van der Waals surface area contributed by atoms with E-state index in [0.717, 1.165) is 11.1 Å². The molecule has 8 nitrogen and oxygen atoms in total. The van der Waals surface area contributed by atoms with Crippen LogP contribution in [0.25, 0.3) is 11.4 Å². The number of carbonyl (C=O) groups is 2. The average Bonchev–Trinajstić information content (AvgIpc) is 3.64. The van der Waals surface area contributed by atoms with Gasteiger partial charge >= 0.3 is 5.91 Å². The van der Waals surface area contributed by atoms with Crippen molar-refractivity contribution in [3.05, 3.63) is 112 Å². The molecule has 1 atom stereocenters. The van der Waals surface area contributed by atoms with Gasteiger partial charge in [-0.2, -0.15) is 0 Å². The monoisotopic (exact) mass is 585 g/mol. The third-order valence-electron chi connectivity index (χ3n) is 7.02. The zero-order chi connectivity index (χ0) is 28.8. The molecule has 0 bridgehead atoms. The molecule has 0 saturated carbocycles. The van der Waals surface area contributed by atoms with Crippen LogP contribution in [0, 0.1) is 26.6 Å². The lowest BCUT2D eigenvalue weighted by Gasteiger charge is -2.22. The molecule has 4 heterocycles. The standard InChI is InChI=1S/C30H24FN5O3S2/c1-16-6-8-19(9-7-16)15-40-30-34-33-29(41-30)36-24(20-10-12-21(31)13-11-20)22(26(38)28(36)39)25(37)23-18(3)35-14-4-5-17(2)27(35)32-23/h4-14,24,37H,15H2,1-3H3. The van der Waals surface area contributed by atoms with E-state index in [1.165, 1.54) is 57.8 Å². The molecule has 41 heavy (non-hydrogen) atoms. The number of amides is 1. The second-order valence-corrected chi connectivity index (χ2v) is 12.0. The Morgan fingerprint density at radius 2 is 1.76 bits per heavy atom. The topological polar surface area (TPSA) is 101 Å². The number of aliphatic hydroxyl groups excluding tert-OH is 1. The molecule has 0 spiro atoms. The van der Waals surface area contributed by atoms with E-state index in [9.17, 15) is 19.1 Å². The van der Waals surface area contributed by atoms with Gasteiger partial charge in [-0.1, -0.05) is 71.1 Å². The Kier molecular flexibility index (Phi) is 6.92. The van der Waals surface area contributed by atoms with Gasteiger partial charge in [-0.3, -0.25) is 14.5 Å². The molecule has 206 valence electrons. The third-order valence-corrected chi connectivity index (χ3v) is 9.15. The van der Waals surface area contributed by atoms with Crippen molar-refractivity contribution in [2.75, 3.05) is 4.90 Å². The van der Waals surface area contributed by atoms with Gasteiger partial charge in [0.15, 0.2) is 10.1 Å². The van der Waals surface area contributed by atoms with Gasteiger partial charge in [0.05, 0.1) is 17.3 Å². The first-order valence-electron chi connectivity index (χ1n) is 12.8. The van der Waals surface area contributed by atoms with Gasteiger partial charge < -0.3 is 9.51 Å². The lowest BCUT2D eigenvalue weighted by Crippen LogP contribution is -2.29. The Morgan fingerprint density at radius 1 is 1.02 bits per heavy atom. The van der Waals surface area contributed by atoms with E-state index in [0.29, 0.717) is 27.0 Å². The first kappa shape index (κ1) is 26.9. The third kappa shape index (κ3) is 4.81. The number of Topliss-reactive ketones (excluding diaryl/α,β-unsaturated/α-hetero) is 1. The van der Waals surface area contributed by atoms with E-state index in [4.69, 9.17) is 0 Å². The molecule has 2 aromatic carbocycles. The van der Waals surface area contributed by atoms with Crippen molar-refractivity contribution in [2.24, 2.45) is 0 Å². The Balaban J connectivity index is 1.43. The zero-order valence-electron chi connectivity index (χ0n) is 22.3. The number of hydrogen-bond acceptors (Lipinski definition) is 8. The number of benzene rings is 2. The molecule has 1 aliphatic rings. The summed E-state index contributed by atoms with van der Waals surface area (Å²) in [5, 5.41) is 20.2. The molecule has 11 heteroatoms. The summed E-state index contributed by atoms with van der Waals surface area (Å²) in [7, 11) is 0. The van der Waals surface area contributed by atoms with Crippen LogP contribution in [0.5, 0.6) is 0 Å². The number of fused-ring (bicyclic) bond motifs is 1. The maximum Gasteiger partial charge on any atom is 0.301 e. The number of hydrogen-bond donors (Lipinski definition) is 1. The highest BCUT2D eigenvalue weighted by Crippen LogP contribution is 2.44. The molecule has 1 amide bonds. The number of nitrogens with zero attached hydrogens (tertiary/aromatic N) is 5. The fraction of sp³-hybridized carbons (Fsp3) is 0.167. The number of imidazole rings is 1. The van der Waals surface area contributed by atoms with Crippen molar-refractivity contribution >= 4 is 51.3 Å². The van der Waals surface area contributed by atoms with Crippen LogP contribution in [0.4, 0.5) is 9.52 Å². The Bertz CT molecular complexity index is 1840. The van der Waals surface area contributed by atoms with E-state index in [2.05, 4.69) is 15.2 Å². The lowest BCUT2D eigenvalue weighted by molar-refractivity contribution is -0.132. The molecule has 1 saturated heterocycles. The van der Waals surface area contributed by atoms with Gasteiger partial charge in [-0.15, -0.1) is 10.2 Å². The molecular formula is C30H24FN5O3S2. The smallest absolute Gasteiger partial charge is 0.301 e. The van der Waals surface area contributed by atoms with Gasteiger partial charge in [0, 0.05) is 11.9 Å². The van der Waals surface area contributed by atoms with Gasteiger partial charge in [-0.05, 0) is 55.7 Å². The number of ketones is 1. The van der Waals surface area contributed by atoms with Crippen molar-refractivity contribution in [3.8, 4) is 0 Å². The van der Waals surface area contributed by atoms with Crippen molar-refractivity contribution in [2.45, 2.75) is 36.9 Å². The van der Waals surface area contributed by atoms with Crippen LogP contribution >= 0.6 is 23.1 Å². The van der Waals surface area contributed by atoms with Crippen LogP contribution in [0.15, 0.2) is 76.8 Å². The lowest BCUT2D eigenvalue weighted by atomic mass is 9.96. The number of carbonyl (C=O) groups excluding carboxylic acids is 2. The fourth-order valence-corrected chi connectivity index (χ4v) is 6.68. The minimum Gasteiger partial charge on any atom is -0.505 e. The zero-order valence-corrected chi connectivity index (χ0v) is 24.0. The Morgan fingerprint density at radius 3 is 2.46 bits per heavy atom. The van der Waals surface area contributed by atoms with E-state index >= 15 is 0 Å². The first-order chi connectivity index (χ1) is 19.7. The number of thioether (sulfide) groups is 1. The molecular weight excluding hydrogens is 561 g/mol. The van der Waals surface area contributed by atoms with E-state index in [1.807, 2.05) is 60.8 Å². The SMILES string of the molecule is Cc1ccc(CSc2nnc(N3C(=O)C(=O)C(=C(O)c4nc5c(C)cccn5c4C)C3c3ccc(F)cc3)s2)cc1. The minimum absolute atomic E-state index is 0.144. The van der Waals surface area contributed by atoms with E-state index < -0.39 is 29.3 Å². The number of pyridine rings is 1. The molecule has 6 rings (SSSR count). The highest BCUT2D eigenvalue weighted by atomic mass is 32.2. The predicted molar refractivity (Wildman–Crippen MR) is 156 cm³/mol. The Labute approximate surface area is 243 Å². The second kappa shape index (κ2) is 10.6. The molecule has 3 aromatic heterocycles. The first-order valence-corrected chi connectivity index (χ1v) is 14.6. The van der Waals surface area contributed by atoms with Crippen LogP contribution in [0.1, 0.15) is 39.7 Å². The van der Waals surface area contributed by atoms with Gasteiger partial charge in [0.25, 0.3) is 5.78 Å². The number of aliphatic hydroxyl groups is 1. The normalized spacial score (nSPS) is 16.7. The van der Waals surface area contributed by atoms with E-state index in [1.54, 1.807) is 6.92 Å². The molecule has 1 N–H and O–H groups in total. The number of halogens is 1. The maximum atomic E-state index is 13.9. The average molecular weight is 586 g/mol. The summed E-state index contributed by atoms with van der Waals surface area (Å²) in [6, 6.07) is 16.3. The summed E-state index contributed by atoms with van der Waals surface area (Å²) in [6.45, 7) is 5.70. The molecule has 0 aliphatic carbocycles. The molecule has 1 fully saturated rings. The predicted octanol–water partition coefficient (Wildman–Crippen LogP) is 6.17. The number of aryl methyl sites for hydroxylation is 3. The summed E-state index contributed by atoms with van der Waals surface area (Å²) in [5.41, 5.74) is 4.88. The van der Waals surface area contributed by atoms with Crippen molar-refractivity contribution in [1.82, 2.24) is 19.6 Å².